The summed E-state index contributed by atoms with van der Waals surface area (Å²) in [5, 5.41) is 15.1. The molecule has 0 bridgehead atoms. The topological polar surface area (TPSA) is 61.4 Å². The molecule has 0 saturated heterocycles. The molecule has 24 heavy (non-hydrogen) atoms. The minimum absolute atomic E-state index is 0.108. The van der Waals surface area contributed by atoms with E-state index in [1.165, 1.54) is 24.3 Å². The molecular weight excluding hydrogens is 307 g/mol. The van der Waals surface area contributed by atoms with Gasteiger partial charge in [0.25, 0.3) is 0 Å². The summed E-state index contributed by atoms with van der Waals surface area (Å²) in [6, 6.07) is 15.8. The van der Waals surface area contributed by atoms with Gasteiger partial charge in [-0.3, -0.25) is 4.79 Å². The van der Waals surface area contributed by atoms with Gasteiger partial charge in [0.05, 0.1) is 0 Å². The number of benzene rings is 2. The molecule has 1 unspecified atom stereocenters. The molecule has 0 fully saturated rings. The molecule has 128 valence electrons. The molecule has 0 saturated carbocycles. The van der Waals surface area contributed by atoms with E-state index < -0.39 is 0 Å². The molecule has 3 N–H and O–H groups in total. The SMILES string of the molecule is O=C(CCNC(CCCO)c1ccccc1)Nc1ccc(F)cc1. The van der Waals surface area contributed by atoms with Crippen molar-refractivity contribution in [2.75, 3.05) is 18.5 Å². The lowest BCUT2D eigenvalue weighted by molar-refractivity contribution is -0.116. The highest BCUT2D eigenvalue weighted by Gasteiger charge is 2.11. The zero-order valence-corrected chi connectivity index (χ0v) is 13.5. The minimum atomic E-state index is -0.329. The molecular formula is C19H23FN2O2. The highest BCUT2D eigenvalue weighted by Crippen LogP contribution is 2.18. The number of hydrogen-bond acceptors (Lipinski definition) is 3. The lowest BCUT2D eigenvalue weighted by atomic mass is 10.0. The Bertz CT molecular complexity index is 617. The molecule has 0 spiro atoms. The third-order valence-electron chi connectivity index (χ3n) is 3.72. The number of halogens is 1. The molecule has 5 heteroatoms. The maximum absolute atomic E-state index is 12.8. The van der Waals surface area contributed by atoms with E-state index in [0.717, 1.165) is 12.0 Å². The van der Waals surface area contributed by atoms with Crippen molar-refractivity contribution in [1.29, 1.82) is 0 Å². The van der Waals surface area contributed by atoms with Gasteiger partial charge in [-0.05, 0) is 42.7 Å². The first kappa shape index (κ1) is 18.1. The maximum Gasteiger partial charge on any atom is 0.225 e. The summed E-state index contributed by atoms with van der Waals surface area (Å²) in [5.74, 6) is -0.452. The van der Waals surface area contributed by atoms with Crippen LogP contribution in [-0.4, -0.2) is 24.2 Å². The Balaban J connectivity index is 1.81. The average molecular weight is 330 g/mol. The first-order valence-corrected chi connectivity index (χ1v) is 8.13. The monoisotopic (exact) mass is 330 g/mol. The summed E-state index contributed by atoms with van der Waals surface area (Å²) in [7, 11) is 0. The molecule has 2 aromatic carbocycles. The van der Waals surface area contributed by atoms with Gasteiger partial charge in [-0.15, -0.1) is 0 Å². The normalized spacial score (nSPS) is 11.9. The Morgan fingerprint density at radius 1 is 1.08 bits per heavy atom. The second kappa shape index (κ2) is 9.80. The zero-order valence-electron chi connectivity index (χ0n) is 13.5. The van der Waals surface area contributed by atoms with Crippen molar-refractivity contribution < 1.29 is 14.3 Å². The van der Waals surface area contributed by atoms with E-state index in [-0.39, 0.29) is 24.4 Å². The van der Waals surface area contributed by atoms with E-state index in [1.807, 2.05) is 30.3 Å². The molecule has 0 aromatic heterocycles. The van der Waals surface area contributed by atoms with E-state index in [2.05, 4.69) is 10.6 Å². The van der Waals surface area contributed by atoms with Crippen molar-refractivity contribution in [3.8, 4) is 0 Å². The Kier molecular flexibility index (Phi) is 7.39. The number of aliphatic hydroxyl groups is 1. The number of rotatable bonds is 9. The molecule has 1 amide bonds. The predicted octanol–water partition coefficient (Wildman–Crippen LogP) is 3.26. The maximum atomic E-state index is 12.8. The van der Waals surface area contributed by atoms with Gasteiger partial charge >= 0.3 is 0 Å². The van der Waals surface area contributed by atoms with Crippen LogP contribution < -0.4 is 10.6 Å². The molecule has 2 aromatic rings. The number of carbonyl (C=O) groups is 1. The van der Waals surface area contributed by atoms with Crippen LogP contribution in [0, 0.1) is 5.82 Å². The van der Waals surface area contributed by atoms with Crippen molar-refractivity contribution in [3.05, 3.63) is 66.0 Å². The molecule has 0 heterocycles. The Hall–Kier alpha value is -2.24. The van der Waals surface area contributed by atoms with Crippen LogP contribution in [0.4, 0.5) is 10.1 Å². The van der Waals surface area contributed by atoms with E-state index in [0.29, 0.717) is 25.1 Å². The third kappa shape index (κ3) is 6.10. The van der Waals surface area contributed by atoms with Gasteiger partial charge in [-0.2, -0.15) is 0 Å². The summed E-state index contributed by atoms with van der Waals surface area (Å²) in [6.07, 6.45) is 1.83. The van der Waals surface area contributed by atoms with Crippen LogP contribution >= 0.6 is 0 Å². The quantitative estimate of drug-likeness (QED) is 0.661. The number of amides is 1. The van der Waals surface area contributed by atoms with Gasteiger partial charge in [0, 0.05) is 31.3 Å². The van der Waals surface area contributed by atoms with Crippen LogP contribution in [0.5, 0.6) is 0 Å². The van der Waals surface area contributed by atoms with Gasteiger partial charge in [-0.1, -0.05) is 30.3 Å². The second-order valence-corrected chi connectivity index (χ2v) is 5.59. The molecule has 0 aliphatic carbocycles. The molecule has 2 rings (SSSR count). The molecule has 0 aliphatic heterocycles. The highest BCUT2D eigenvalue weighted by molar-refractivity contribution is 5.90. The lowest BCUT2D eigenvalue weighted by Gasteiger charge is -2.19. The molecule has 4 nitrogen and oxygen atoms in total. The van der Waals surface area contributed by atoms with Crippen LogP contribution in [0.2, 0.25) is 0 Å². The van der Waals surface area contributed by atoms with Crippen LogP contribution in [-0.2, 0) is 4.79 Å². The molecule has 0 aliphatic rings. The molecule has 1 atom stereocenters. The van der Waals surface area contributed by atoms with Crippen LogP contribution in [0.3, 0.4) is 0 Å². The standard InChI is InChI=1S/C19H23FN2O2/c20-16-8-10-17(11-9-16)22-19(24)12-13-21-18(7-4-14-23)15-5-2-1-3-6-15/h1-3,5-6,8-11,18,21,23H,4,7,12-14H2,(H,22,24). The van der Waals surface area contributed by atoms with Gasteiger partial charge in [0.15, 0.2) is 0 Å². The zero-order chi connectivity index (χ0) is 17.2. The first-order valence-electron chi connectivity index (χ1n) is 8.13. The summed E-state index contributed by atoms with van der Waals surface area (Å²) >= 11 is 0. The smallest absolute Gasteiger partial charge is 0.225 e. The summed E-state index contributed by atoms with van der Waals surface area (Å²) in [4.78, 5) is 11.9. The van der Waals surface area contributed by atoms with Crippen LogP contribution in [0.15, 0.2) is 54.6 Å². The highest BCUT2D eigenvalue weighted by atomic mass is 19.1. The summed E-state index contributed by atoms with van der Waals surface area (Å²) < 4.78 is 12.8. The Labute approximate surface area is 141 Å². The van der Waals surface area contributed by atoms with Gasteiger partial charge < -0.3 is 15.7 Å². The van der Waals surface area contributed by atoms with E-state index in [4.69, 9.17) is 5.11 Å². The minimum Gasteiger partial charge on any atom is -0.396 e. The van der Waals surface area contributed by atoms with Gasteiger partial charge in [0.1, 0.15) is 5.82 Å². The summed E-state index contributed by atoms with van der Waals surface area (Å²) in [5.41, 5.74) is 1.73. The van der Waals surface area contributed by atoms with E-state index in [1.54, 1.807) is 0 Å². The van der Waals surface area contributed by atoms with Crippen molar-refractivity contribution in [3.63, 3.8) is 0 Å². The Morgan fingerprint density at radius 3 is 2.46 bits per heavy atom. The van der Waals surface area contributed by atoms with Gasteiger partial charge in [-0.25, -0.2) is 4.39 Å². The number of carbonyl (C=O) groups excluding carboxylic acids is 1. The fourth-order valence-corrected chi connectivity index (χ4v) is 2.48. The van der Waals surface area contributed by atoms with E-state index in [9.17, 15) is 9.18 Å². The van der Waals surface area contributed by atoms with Crippen molar-refractivity contribution in [2.24, 2.45) is 0 Å². The molecule has 0 radical (unpaired) electrons. The number of anilines is 1. The fourth-order valence-electron chi connectivity index (χ4n) is 2.48. The van der Waals surface area contributed by atoms with Crippen molar-refractivity contribution in [2.45, 2.75) is 25.3 Å². The number of aliphatic hydroxyl groups excluding tert-OH is 1. The lowest BCUT2D eigenvalue weighted by Crippen LogP contribution is -2.26. The van der Waals surface area contributed by atoms with Crippen molar-refractivity contribution >= 4 is 11.6 Å². The largest absolute Gasteiger partial charge is 0.396 e. The van der Waals surface area contributed by atoms with Gasteiger partial charge in [0.2, 0.25) is 5.91 Å². The fraction of sp³-hybridized carbons (Fsp3) is 0.316. The second-order valence-electron chi connectivity index (χ2n) is 5.59. The predicted molar refractivity (Wildman–Crippen MR) is 93.2 cm³/mol. The first-order chi connectivity index (χ1) is 11.7. The number of nitrogens with one attached hydrogen (secondary N) is 2. The Morgan fingerprint density at radius 2 is 1.79 bits per heavy atom. The van der Waals surface area contributed by atoms with Crippen LogP contribution in [0.1, 0.15) is 30.9 Å². The van der Waals surface area contributed by atoms with Crippen LogP contribution in [0.25, 0.3) is 0 Å². The summed E-state index contributed by atoms with van der Waals surface area (Å²) in [6.45, 7) is 0.675. The van der Waals surface area contributed by atoms with E-state index >= 15 is 0 Å². The van der Waals surface area contributed by atoms with Crippen molar-refractivity contribution in [1.82, 2.24) is 5.32 Å². The average Bonchev–Trinajstić information content (AvgIpc) is 2.60. The number of hydrogen-bond donors (Lipinski definition) is 3. The third-order valence-corrected chi connectivity index (χ3v) is 3.72.